The van der Waals surface area contributed by atoms with E-state index in [0.717, 1.165) is 5.56 Å². The Bertz CT molecular complexity index is 569. The van der Waals surface area contributed by atoms with Gasteiger partial charge in [-0.05, 0) is 29.8 Å². The van der Waals surface area contributed by atoms with Crippen LogP contribution in [-0.2, 0) is 5.88 Å². The molecule has 0 amide bonds. The molecule has 0 saturated heterocycles. The Morgan fingerprint density at radius 3 is 2.28 bits per heavy atom. The number of alkyl halides is 1. The SMILES string of the molecule is ClCc1ccc(Oc2cc(Cl)ccc2Cl)c(Cl)c1. The Kier molecular flexibility index (Phi) is 4.63. The van der Waals surface area contributed by atoms with Crippen LogP contribution in [0.1, 0.15) is 5.56 Å². The van der Waals surface area contributed by atoms with Gasteiger partial charge in [0.05, 0.1) is 10.0 Å². The summed E-state index contributed by atoms with van der Waals surface area (Å²) in [5.41, 5.74) is 0.922. The minimum absolute atomic E-state index is 0.401. The van der Waals surface area contributed by atoms with Crippen LogP contribution < -0.4 is 4.74 Å². The molecule has 0 aliphatic rings. The van der Waals surface area contributed by atoms with Crippen LogP contribution in [0.25, 0.3) is 0 Å². The summed E-state index contributed by atoms with van der Waals surface area (Å²) in [6.07, 6.45) is 0. The maximum Gasteiger partial charge on any atom is 0.147 e. The number of halogens is 4. The Morgan fingerprint density at radius 1 is 0.833 bits per heavy atom. The molecule has 0 aliphatic heterocycles. The van der Waals surface area contributed by atoms with Gasteiger partial charge in [0.1, 0.15) is 11.5 Å². The second-order valence-corrected chi connectivity index (χ2v) is 5.09. The Balaban J connectivity index is 2.31. The average molecular weight is 322 g/mol. The van der Waals surface area contributed by atoms with E-state index in [-0.39, 0.29) is 0 Å². The van der Waals surface area contributed by atoms with Crippen LogP contribution in [0.2, 0.25) is 15.1 Å². The van der Waals surface area contributed by atoms with Gasteiger partial charge in [0.2, 0.25) is 0 Å². The van der Waals surface area contributed by atoms with Gasteiger partial charge in [0, 0.05) is 17.0 Å². The van der Waals surface area contributed by atoms with Crippen LogP contribution in [0.15, 0.2) is 36.4 Å². The number of rotatable bonds is 3. The van der Waals surface area contributed by atoms with E-state index in [4.69, 9.17) is 51.1 Å². The van der Waals surface area contributed by atoms with Gasteiger partial charge in [0.15, 0.2) is 0 Å². The van der Waals surface area contributed by atoms with Gasteiger partial charge in [-0.15, -0.1) is 11.6 Å². The minimum atomic E-state index is 0.401. The lowest BCUT2D eigenvalue weighted by Gasteiger charge is -2.10. The summed E-state index contributed by atoms with van der Waals surface area (Å²) in [4.78, 5) is 0. The highest BCUT2D eigenvalue weighted by Crippen LogP contribution is 2.35. The molecule has 0 N–H and O–H groups in total. The molecule has 0 aliphatic carbocycles. The van der Waals surface area contributed by atoms with Crippen molar-refractivity contribution in [2.24, 2.45) is 0 Å². The highest BCUT2D eigenvalue weighted by Gasteiger charge is 2.08. The molecule has 0 unspecified atom stereocenters. The summed E-state index contributed by atoms with van der Waals surface area (Å²) in [5.74, 6) is 1.37. The van der Waals surface area contributed by atoms with Gasteiger partial charge in [-0.3, -0.25) is 0 Å². The molecular weight excluding hydrogens is 314 g/mol. The van der Waals surface area contributed by atoms with Crippen molar-refractivity contribution in [2.45, 2.75) is 5.88 Å². The minimum Gasteiger partial charge on any atom is -0.454 e. The second-order valence-electron chi connectivity index (χ2n) is 3.58. The van der Waals surface area contributed by atoms with E-state index in [1.165, 1.54) is 0 Å². The molecule has 0 spiro atoms. The highest BCUT2D eigenvalue weighted by molar-refractivity contribution is 6.34. The molecule has 0 aromatic heterocycles. The largest absolute Gasteiger partial charge is 0.454 e. The molecule has 2 aromatic carbocycles. The fourth-order valence-corrected chi connectivity index (χ4v) is 2.11. The molecule has 2 rings (SSSR count). The molecule has 1 nitrogen and oxygen atoms in total. The number of ether oxygens (including phenoxy) is 1. The summed E-state index contributed by atoms with van der Waals surface area (Å²) < 4.78 is 5.63. The molecule has 0 bridgehead atoms. The van der Waals surface area contributed by atoms with Gasteiger partial charge >= 0.3 is 0 Å². The van der Waals surface area contributed by atoms with Crippen molar-refractivity contribution in [1.29, 1.82) is 0 Å². The molecule has 0 radical (unpaired) electrons. The van der Waals surface area contributed by atoms with Gasteiger partial charge < -0.3 is 4.74 Å². The number of hydrogen-bond donors (Lipinski definition) is 0. The van der Waals surface area contributed by atoms with Crippen molar-refractivity contribution in [2.75, 3.05) is 0 Å². The standard InChI is InChI=1S/C13H8Cl4O/c14-7-8-1-4-12(11(17)5-8)18-13-6-9(15)2-3-10(13)16/h1-6H,7H2. The first kappa shape index (κ1) is 13.8. The maximum atomic E-state index is 6.09. The maximum absolute atomic E-state index is 6.09. The van der Waals surface area contributed by atoms with Gasteiger partial charge in [0.25, 0.3) is 0 Å². The molecule has 0 saturated carbocycles. The smallest absolute Gasteiger partial charge is 0.147 e. The van der Waals surface area contributed by atoms with Crippen molar-refractivity contribution < 1.29 is 4.74 Å². The van der Waals surface area contributed by atoms with Crippen molar-refractivity contribution >= 4 is 46.4 Å². The first-order chi connectivity index (χ1) is 8.60. The van der Waals surface area contributed by atoms with E-state index in [1.807, 2.05) is 6.07 Å². The Labute approximate surface area is 125 Å². The monoisotopic (exact) mass is 320 g/mol. The lowest BCUT2D eigenvalue weighted by Crippen LogP contribution is -1.88. The average Bonchev–Trinajstić information content (AvgIpc) is 2.36. The molecule has 18 heavy (non-hydrogen) atoms. The lowest BCUT2D eigenvalue weighted by molar-refractivity contribution is 0.483. The first-order valence-electron chi connectivity index (χ1n) is 5.07. The van der Waals surface area contributed by atoms with E-state index < -0.39 is 0 Å². The van der Waals surface area contributed by atoms with E-state index in [2.05, 4.69) is 0 Å². The molecule has 2 aromatic rings. The van der Waals surface area contributed by atoms with Gasteiger partial charge in [-0.25, -0.2) is 0 Å². The summed E-state index contributed by atoms with van der Waals surface area (Å²) in [5, 5.41) is 1.49. The Morgan fingerprint density at radius 2 is 1.61 bits per heavy atom. The summed E-state index contributed by atoms with van der Waals surface area (Å²) >= 11 is 23.7. The fraction of sp³-hybridized carbons (Fsp3) is 0.0769. The normalized spacial score (nSPS) is 10.4. The predicted octanol–water partition coefficient (Wildman–Crippen LogP) is 6.18. The lowest BCUT2D eigenvalue weighted by atomic mass is 10.2. The van der Waals surface area contributed by atoms with Crippen LogP contribution >= 0.6 is 46.4 Å². The summed E-state index contributed by atoms with van der Waals surface area (Å²) in [6, 6.07) is 10.3. The van der Waals surface area contributed by atoms with E-state index in [0.29, 0.717) is 32.4 Å². The topological polar surface area (TPSA) is 9.23 Å². The second kappa shape index (κ2) is 6.03. The van der Waals surface area contributed by atoms with Crippen LogP contribution in [0, 0.1) is 0 Å². The fourth-order valence-electron chi connectivity index (χ4n) is 1.38. The number of hydrogen-bond acceptors (Lipinski definition) is 1. The van der Waals surface area contributed by atoms with Crippen LogP contribution in [0.4, 0.5) is 0 Å². The van der Waals surface area contributed by atoms with Crippen LogP contribution in [0.3, 0.4) is 0 Å². The van der Waals surface area contributed by atoms with Crippen molar-refractivity contribution in [3.05, 3.63) is 57.0 Å². The third-order valence-electron chi connectivity index (χ3n) is 2.26. The molecule has 94 valence electrons. The van der Waals surface area contributed by atoms with E-state index in [1.54, 1.807) is 30.3 Å². The molecule has 5 heteroatoms. The molecular formula is C13H8Cl4O. The summed E-state index contributed by atoms with van der Waals surface area (Å²) in [7, 11) is 0. The van der Waals surface area contributed by atoms with Crippen molar-refractivity contribution in [3.63, 3.8) is 0 Å². The third kappa shape index (κ3) is 3.24. The zero-order valence-electron chi connectivity index (χ0n) is 9.09. The number of benzene rings is 2. The third-order valence-corrected chi connectivity index (χ3v) is 3.42. The van der Waals surface area contributed by atoms with Crippen LogP contribution in [0.5, 0.6) is 11.5 Å². The molecule has 0 atom stereocenters. The zero-order chi connectivity index (χ0) is 13.1. The summed E-state index contributed by atoms with van der Waals surface area (Å²) in [6.45, 7) is 0. The van der Waals surface area contributed by atoms with E-state index >= 15 is 0 Å². The van der Waals surface area contributed by atoms with E-state index in [9.17, 15) is 0 Å². The Hall–Kier alpha value is -0.600. The molecule has 0 heterocycles. The van der Waals surface area contributed by atoms with Gasteiger partial charge in [-0.1, -0.05) is 40.9 Å². The first-order valence-corrected chi connectivity index (χ1v) is 6.74. The zero-order valence-corrected chi connectivity index (χ0v) is 12.1. The predicted molar refractivity (Wildman–Crippen MR) is 77.5 cm³/mol. The van der Waals surface area contributed by atoms with Crippen molar-refractivity contribution in [3.8, 4) is 11.5 Å². The van der Waals surface area contributed by atoms with Crippen molar-refractivity contribution in [1.82, 2.24) is 0 Å². The quantitative estimate of drug-likeness (QED) is 0.613. The van der Waals surface area contributed by atoms with Crippen LogP contribution in [-0.4, -0.2) is 0 Å². The molecule has 0 fully saturated rings. The highest BCUT2D eigenvalue weighted by atomic mass is 35.5. The van der Waals surface area contributed by atoms with Gasteiger partial charge in [-0.2, -0.15) is 0 Å².